The van der Waals surface area contributed by atoms with Crippen LogP contribution >= 0.6 is 23.2 Å². The summed E-state index contributed by atoms with van der Waals surface area (Å²) in [4.78, 5) is 0. The Morgan fingerprint density at radius 2 is 1.91 bits per heavy atom. The van der Waals surface area contributed by atoms with Gasteiger partial charge in [0.1, 0.15) is 5.82 Å². The standard InChI is InChI=1S/C15H15Cl2N5O/c1-9(23)4-5-18-13-2-3-14-19-20-15(22(14)21-13)10-6-11(16)8-12(17)7-10/h2-3,6-9,23H,4-5H2,1H3,(H,18,21). The van der Waals surface area contributed by atoms with Crippen molar-refractivity contribution in [1.82, 2.24) is 19.8 Å². The molecule has 120 valence electrons. The lowest BCUT2D eigenvalue weighted by Crippen LogP contribution is -2.11. The van der Waals surface area contributed by atoms with Gasteiger partial charge in [0.25, 0.3) is 0 Å². The maximum absolute atomic E-state index is 9.30. The Bertz CT molecular complexity index is 814. The molecule has 0 fully saturated rings. The van der Waals surface area contributed by atoms with Gasteiger partial charge in [0.2, 0.25) is 0 Å². The number of hydrogen-bond acceptors (Lipinski definition) is 5. The van der Waals surface area contributed by atoms with Crippen molar-refractivity contribution in [2.75, 3.05) is 11.9 Å². The third-order valence-corrected chi connectivity index (χ3v) is 3.69. The molecule has 2 aromatic heterocycles. The first kappa shape index (κ1) is 16.0. The smallest absolute Gasteiger partial charge is 0.185 e. The molecule has 8 heteroatoms. The Balaban J connectivity index is 1.95. The highest BCUT2D eigenvalue weighted by Crippen LogP contribution is 2.26. The third-order valence-electron chi connectivity index (χ3n) is 3.25. The van der Waals surface area contributed by atoms with E-state index in [0.717, 1.165) is 5.56 Å². The number of benzene rings is 1. The molecule has 0 saturated heterocycles. The van der Waals surface area contributed by atoms with Crippen LogP contribution in [-0.2, 0) is 0 Å². The van der Waals surface area contributed by atoms with Gasteiger partial charge >= 0.3 is 0 Å². The molecule has 1 atom stereocenters. The van der Waals surface area contributed by atoms with Crippen LogP contribution in [0.25, 0.3) is 17.0 Å². The summed E-state index contributed by atoms with van der Waals surface area (Å²) in [5, 5.41) is 26.3. The van der Waals surface area contributed by atoms with E-state index in [1.165, 1.54) is 0 Å². The number of rotatable bonds is 5. The van der Waals surface area contributed by atoms with E-state index in [2.05, 4.69) is 20.6 Å². The molecule has 1 unspecified atom stereocenters. The molecule has 6 nitrogen and oxygen atoms in total. The molecule has 3 rings (SSSR count). The number of halogens is 2. The number of hydrogen-bond donors (Lipinski definition) is 2. The van der Waals surface area contributed by atoms with Crippen molar-refractivity contribution >= 4 is 34.7 Å². The number of fused-ring (bicyclic) bond motifs is 1. The van der Waals surface area contributed by atoms with E-state index in [4.69, 9.17) is 23.2 Å². The van der Waals surface area contributed by atoms with Gasteiger partial charge in [-0.2, -0.15) is 4.52 Å². The van der Waals surface area contributed by atoms with Crippen LogP contribution in [0.2, 0.25) is 10.0 Å². The number of anilines is 1. The quantitative estimate of drug-likeness (QED) is 0.737. The highest BCUT2D eigenvalue weighted by molar-refractivity contribution is 6.35. The lowest BCUT2D eigenvalue weighted by Gasteiger charge is -2.08. The van der Waals surface area contributed by atoms with Crippen molar-refractivity contribution in [3.63, 3.8) is 0 Å². The lowest BCUT2D eigenvalue weighted by atomic mass is 10.2. The van der Waals surface area contributed by atoms with Crippen molar-refractivity contribution in [3.8, 4) is 11.4 Å². The summed E-state index contributed by atoms with van der Waals surface area (Å²) in [6.07, 6.45) is 0.281. The Kier molecular flexibility index (Phi) is 4.66. The van der Waals surface area contributed by atoms with Crippen molar-refractivity contribution in [2.24, 2.45) is 0 Å². The summed E-state index contributed by atoms with van der Waals surface area (Å²) in [6.45, 7) is 2.37. The Hall–Kier alpha value is -1.89. The van der Waals surface area contributed by atoms with Crippen LogP contribution in [0.15, 0.2) is 30.3 Å². The Labute approximate surface area is 143 Å². The summed E-state index contributed by atoms with van der Waals surface area (Å²) >= 11 is 12.1. The molecular formula is C15H15Cl2N5O. The fourth-order valence-electron chi connectivity index (χ4n) is 2.16. The summed E-state index contributed by atoms with van der Waals surface area (Å²) in [5.41, 5.74) is 1.36. The van der Waals surface area contributed by atoms with Crippen LogP contribution in [0.5, 0.6) is 0 Å². The number of nitrogens with one attached hydrogen (secondary N) is 1. The molecule has 2 heterocycles. The first-order valence-electron chi connectivity index (χ1n) is 7.14. The van der Waals surface area contributed by atoms with Crippen LogP contribution in [0.1, 0.15) is 13.3 Å². The molecular weight excluding hydrogens is 337 g/mol. The third kappa shape index (κ3) is 3.72. The summed E-state index contributed by atoms with van der Waals surface area (Å²) in [5.74, 6) is 1.23. The zero-order chi connectivity index (χ0) is 16.4. The van der Waals surface area contributed by atoms with Crippen LogP contribution in [0, 0.1) is 0 Å². The van der Waals surface area contributed by atoms with E-state index in [1.807, 2.05) is 12.1 Å². The van der Waals surface area contributed by atoms with Gasteiger partial charge in [-0.05, 0) is 43.7 Å². The van der Waals surface area contributed by atoms with Crippen LogP contribution in [-0.4, -0.2) is 37.6 Å². The highest BCUT2D eigenvalue weighted by Gasteiger charge is 2.11. The summed E-state index contributed by atoms with van der Waals surface area (Å²) < 4.78 is 1.63. The summed E-state index contributed by atoms with van der Waals surface area (Å²) in [6, 6.07) is 8.83. The number of aromatic nitrogens is 4. The molecule has 0 amide bonds. The number of aliphatic hydroxyl groups is 1. The molecule has 0 aliphatic carbocycles. The van der Waals surface area contributed by atoms with E-state index < -0.39 is 0 Å². The van der Waals surface area contributed by atoms with Crippen molar-refractivity contribution in [2.45, 2.75) is 19.4 Å². The second kappa shape index (κ2) is 6.70. The van der Waals surface area contributed by atoms with E-state index in [1.54, 1.807) is 29.6 Å². The van der Waals surface area contributed by atoms with Crippen molar-refractivity contribution in [1.29, 1.82) is 0 Å². The molecule has 1 aromatic carbocycles. The van der Waals surface area contributed by atoms with Gasteiger partial charge in [0.15, 0.2) is 11.5 Å². The summed E-state index contributed by atoms with van der Waals surface area (Å²) in [7, 11) is 0. The average Bonchev–Trinajstić information content (AvgIpc) is 2.89. The van der Waals surface area contributed by atoms with Crippen LogP contribution in [0.4, 0.5) is 5.82 Å². The second-order valence-corrected chi connectivity index (χ2v) is 6.11. The Morgan fingerprint density at radius 1 is 1.17 bits per heavy atom. The molecule has 0 radical (unpaired) electrons. The van der Waals surface area contributed by atoms with Crippen molar-refractivity contribution in [3.05, 3.63) is 40.4 Å². The number of nitrogens with zero attached hydrogens (tertiary/aromatic N) is 4. The van der Waals surface area contributed by atoms with E-state index in [-0.39, 0.29) is 6.10 Å². The maximum atomic E-state index is 9.30. The first-order valence-corrected chi connectivity index (χ1v) is 7.89. The zero-order valence-electron chi connectivity index (χ0n) is 12.4. The van der Waals surface area contributed by atoms with E-state index in [0.29, 0.717) is 40.3 Å². The fourth-order valence-corrected chi connectivity index (χ4v) is 2.68. The SMILES string of the molecule is CC(O)CCNc1ccc2nnc(-c3cc(Cl)cc(Cl)c3)n2n1. The van der Waals surface area contributed by atoms with Gasteiger partial charge < -0.3 is 10.4 Å². The monoisotopic (exact) mass is 351 g/mol. The van der Waals surface area contributed by atoms with Gasteiger partial charge in [0, 0.05) is 22.2 Å². The van der Waals surface area contributed by atoms with Crippen LogP contribution < -0.4 is 5.32 Å². The molecule has 0 saturated carbocycles. The molecule has 0 aliphatic rings. The molecule has 0 spiro atoms. The minimum atomic E-state index is -0.356. The minimum absolute atomic E-state index is 0.356. The van der Waals surface area contributed by atoms with Crippen molar-refractivity contribution < 1.29 is 5.11 Å². The number of aliphatic hydroxyl groups excluding tert-OH is 1. The molecule has 2 N–H and O–H groups in total. The van der Waals surface area contributed by atoms with Crippen LogP contribution in [0.3, 0.4) is 0 Å². The van der Waals surface area contributed by atoms with Gasteiger partial charge in [-0.1, -0.05) is 23.2 Å². The van der Waals surface area contributed by atoms with Gasteiger partial charge in [-0.3, -0.25) is 0 Å². The molecule has 23 heavy (non-hydrogen) atoms. The zero-order valence-corrected chi connectivity index (χ0v) is 13.9. The first-order chi connectivity index (χ1) is 11.0. The average molecular weight is 352 g/mol. The lowest BCUT2D eigenvalue weighted by molar-refractivity contribution is 0.188. The molecule has 3 aromatic rings. The maximum Gasteiger partial charge on any atom is 0.185 e. The predicted octanol–water partition coefficient (Wildman–Crippen LogP) is 3.28. The predicted molar refractivity (Wildman–Crippen MR) is 91.0 cm³/mol. The highest BCUT2D eigenvalue weighted by atomic mass is 35.5. The minimum Gasteiger partial charge on any atom is -0.393 e. The largest absolute Gasteiger partial charge is 0.393 e. The Morgan fingerprint density at radius 3 is 2.61 bits per heavy atom. The van der Waals surface area contributed by atoms with E-state index in [9.17, 15) is 5.11 Å². The second-order valence-electron chi connectivity index (χ2n) is 5.23. The fraction of sp³-hybridized carbons (Fsp3) is 0.267. The molecule has 0 aliphatic heterocycles. The van der Waals surface area contributed by atoms with Gasteiger partial charge in [-0.25, -0.2) is 0 Å². The van der Waals surface area contributed by atoms with Gasteiger partial charge in [0.05, 0.1) is 6.10 Å². The topological polar surface area (TPSA) is 75.3 Å². The van der Waals surface area contributed by atoms with E-state index >= 15 is 0 Å². The molecule has 0 bridgehead atoms. The van der Waals surface area contributed by atoms with Gasteiger partial charge in [-0.15, -0.1) is 15.3 Å². The normalized spacial score (nSPS) is 12.5.